The van der Waals surface area contributed by atoms with Crippen LogP contribution in [0.3, 0.4) is 0 Å². The SMILES string of the molecule is COc1ccc(C[C@@H]2COCC[C@H]2S(=O)(=O)NC2CC2)cc1. The van der Waals surface area contributed by atoms with E-state index in [9.17, 15) is 8.42 Å². The van der Waals surface area contributed by atoms with Gasteiger partial charge in [-0.25, -0.2) is 13.1 Å². The van der Waals surface area contributed by atoms with Crippen molar-refractivity contribution in [3.63, 3.8) is 0 Å². The molecule has 1 aliphatic heterocycles. The predicted octanol–water partition coefficient (Wildman–Crippen LogP) is 1.72. The molecule has 1 aromatic rings. The van der Waals surface area contributed by atoms with Crippen LogP contribution in [0.1, 0.15) is 24.8 Å². The Bertz CT molecular complexity index is 595. The van der Waals surface area contributed by atoms with E-state index in [2.05, 4.69) is 4.72 Å². The largest absolute Gasteiger partial charge is 0.497 e. The van der Waals surface area contributed by atoms with Crippen molar-refractivity contribution in [1.29, 1.82) is 0 Å². The smallest absolute Gasteiger partial charge is 0.215 e. The van der Waals surface area contributed by atoms with Crippen molar-refractivity contribution in [2.24, 2.45) is 5.92 Å². The highest BCUT2D eigenvalue weighted by Crippen LogP contribution is 2.28. The molecule has 5 nitrogen and oxygen atoms in total. The van der Waals surface area contributed by atoms with Crippen molar-refractivity contribution in [2.45, 2.75) is 37.0 Å². The summed E-state index contributed by atoms with van der Waals surface area (Å²) >= 11 is 0. The molecule has 2 atom stereocenters. The summed E-state index contributed by atoms with van der Waals surface area (Å²) in [5, 5.41) is -0.357. The highest BCUT2D eigenvalue weighted by atomic mass is 32.2. The van der Waals surface area contributed by atoms with Crippen LogP contribution in [0.5, 0.6) is 5.75 Å². The lowest BCUT2D eigenvalue weighted by atomic mass is 9.93. The standard InChI is InChI=1S/C16H23NO4S/c1-20-15-6-2-12(3-7-15)10-13-11-21-9-8-16(13)22(18,19)17-14-4-5-14/h2-3,6-7,13-14,16-17H,4-5,8-11H2,1H3/t13-,16-/m1/s1. The number of sulfonamides is 1. The molecule has 0 spiro atoms. The molecule has 1 saturated carbocycles. The molecule has 0 aromatic heterocycles. The van der Waals surface area contributed by atoms with Gasteiger partial charge in [0.1, 0.15) is 5.75 Å². The molecule has 2 fully saturated rings. The molecular weight excluding hydrogens is 302 g/mol. The van der Waals surface area contributed by atoms with Crippen LogP contribution in [0.4, 0.5) is 0 Å². The first-order chi connectivity index (χ1) is 10.6. The van der Waals surface area contributed by atoms with E-state index >= 15 is 0 Å². The highest BCUT2D eigenvalue weighted by Gasteiger charge is 2.39. The summed E-state index contributed by atoms with van der Waals surface area (Å²) in [6.07, 6.45) is 3.21. The van der Waals surface area contributed by atoms with Gasteiger partial charge in [0.2, 0.25) is 10.0 Å². The molecule has 0 amide bonds. The zero-order valence-electron chi connectivity index (χ0n) is 12.8. The van der Waals surface area contributed by atoms with Crippen molar-refractivity contribution in [2.75, 3.05) is 20.3 Å². The van der Waals surface area contributed by atoms with Gasteiger partial charge in [-0.3, -0.25) is 0 Å². The Morgan fingerprint density at radius 3 is 2.59 bits per heavy atom. The molecule has 0 unspecified atom stereocenters. The number of nitrogens with one attached hydrogen (secondary N) is 1. The molecule has 6 heteroatoms. The fourth-order valence-corrected chi connectivity index (χ4v) is 4.92. The molecular formula is C16H23NO4S. The van der Waals surface area contributed by atoms with Gasteiger partial charge in [-0.15, -0.1) is 0 Å². The third-order valence-corrected chi connectivity index (χ3v) is 6.45. The van der Waals surface area contributed by atoms with E-state index in [4.69, 9.17) is 9.47 Å². The maximum Gasteiger partial charge on any atom is 0.215 e. The summed E-state index contributed by atoms with van der Waals surface area (Å²) < 4.78 is 38.6. The van der Waals surface area contributed by atoms with Crippen LogP contribution >= 0.6 is 0 Å². The Hall–Kier alpha value is -1.11. The molecule has 0 radical (unpaired) electrons. The van der Waals surface area contributed by atoms with Gasteiger partial charge in [0.05, 0.1) is 19.0 Å². The van der Waals surface area contributed by atoms with Crippen molar-refractivity contribution in [1.82, 2.24) is 4.72 Å². The minimum absolute atomic E-state index is 0.00149. The van der Waals surface area contributed by atoms with Crippen molar-refractivity contribution in [3.8, 4) is 5.75 Å². The van der Waals surface area contributed by atoms with Gasteiger partial charge in [0.25, 0.3) is 0 Å². The van der Waals surface area contributed by atoms with Gasteiger partial charge in [-0.1, -0.05) is 12.1 Å². The Labute approximate surface area is 132 Å². The summed E-state index contributed by atoms with van der Waals surface area (Å²) in [6, 6.07) is 7.96. The number of benzene rings is 1. The monoisotopic (exact) mass is 325 g/mol. The molecule has 1 N–H and O–H groups in total. The molecule has 122 valence electrons. The number of hydrogen-bond donors (Lipinski definition) is 1. The number of methoxy groups -OCH3 is 1. The van der Waals surface area contributed by atoms with Crippen LogP contribution in [0.25, 0.3) is 0 Å². The summed E-state index contributed by atoms with van der Waals surface area (Å²) in [7, 11) is -1.62. The number of hydrogen-bond acceptors (Lipinski definition) is 4. The molecule has 1 aromatic carbocycles. The van der Waals surface area contributed by atoms with E-state index < -0.39 is 10.0 Å². The van der Waals surface area contributed by atoms with Crippen LogP contribution in [0.15, 0.2) is 24.3 Å². The van der Waals surface area contributed by atoms with Crippen LogP contribution in [-0.4, -0.2) is 40.0 Å². The zero-order valence-corrected chi connectivity index (χ0v) is 13.6. The minimum atomic E-state index is -3.26. The summed E-state index contributed by atoms with van der Waals surface area (Å²) in [4.78, 5) is 0. The Morgan fingerprint density at radius 2 is 1.95 bits per heavy atom. The van der Waals surface area contributed by atoms with Gasteiger partial charge in [-0.05, 0) is 43.4 Å². The fraction of sp³-hybridized carbons (Fsp3) is 0.625. The van der Waals surface area contributed by atoms with E-state index in [0.29, 0.717) is 26.1 Å². The first-order valence-corrected chi connectivity index (χ1v) is 9.35. The third-order valence-electron chi connectivity index (χ3n) is 4.37. The molecule has 22 heavy (non-hydrogen) atoms. The lowest BCUT2D eigenvalue weighted by Crippen LogP contribution is -2.45. The van der Waals surface area contributed by atoms with Crippen LogP contribution < -0.4 is 9.46 Å². The molecule has 1 saturated heterocycles. The second-order valence-corrected chi connectivity index (χ2v) is 8.08. The van der Waals surface area contributed by atoms with E-state index in [1.807, 2.05) is 24.3 Å². The van der Waals surface area contributed by atoms with Crippen molar-refractivity contribution >= 4 is 10.0 Å². The van der Waals surface area contributed by atoms with E-state index in [0.717, 1.165) is 24.2 Å². The lowest BCUT2D eigenvalue weighted by Gasteiger charge is -2.31. The predicted molar refractivity (Wildman–Crippen MR) is 84.5 cm³/mol. The topological polar surface area (TPSA) is 64.6 Å². The van der Waals surface area contributed by atoms with Crippen LogP contribution in [0.2, 0.25) is 0 Å². The molecule has 1 heterocycles. The fourth-order valence-electron chi connectivity index (χ4n) is 2.96. The molecule has 1 aliphatic carbocycles. The van der Waals surface area contributed by atoms with Gasteiger partial charge in [0, 0.05) is 18.6 Å². The first kappa shape index (κ1) is 15.8. The maximum atomic E-state index is 12.6. The summed E-state index contributed by atoms with van der Waals surface area (Å²) in [5.41, 5.74) is 1.11. The van der Waals surface area contributed by atoms with E-state index in [-0.39, 0.29) is 17.2 Å². The van der Waals surface area contributed by atoms with Crippen LogP contribution in [0, 0.1) is 5.92 Å². The Morgan fingerprint density at radius 1 is 1.23 bits per heavy atom. The Kier molecular flexibility index (Phi) is 4.70. The second-order valence-electron chi connectivity index (χ2n) is 6.15. The van der Waals surface area contributed by atoms with Gasteiger partial charge in [0.15, 0.2) is 0 Å². The summed E-state index contributed by atoms with van der Waals surface area (Å²) in [6.45, 7) is 1.03. The van der Waals surface area contributed by atoms with Crippen LogP contribution in [-0.2, 0) is 21.2 Å². The minimum Gasteiger partial charge on any atom is -0.497 e. The zero-order chi connectivity index (χ0) is 15.6. The first-order valence-electron chi connectivity index (χ1n) is 7.80. The average molecular weight is 325 g/mol. The van der Waals surface area contributed by atoms with Crippen molar-refractivity contribution < 1.29 is 17.9 Å². The third kappa shape index (κ3) is 3.80. The van der Waals surface area contributed by atoms with Gasteiger partial charge < -0.3 is 9.47 Å². The number of rotatable bonds is 6. The quantitative estimate of drug-likeness (QED) is 0.865. The van der Waals surface area contributed by atoms with E-state index in [1.54, 1.807) is 7.11 Å². The molecule has 3 rings (SSSR count). The van der Waals surface area contributed by atoms with Gasteiger partial charge in [-0.2, -0.15) is 0 Å². The average Bonchev–Trinajstić information content (AvgIpc) is 3.32. The van der Waals surface area contributed by atoms with Gasteiger partial charge >= 0.3 is 0 Å². The Balaban J connectivity index is 1.71. The highest BCUT2D eigenvalue weighted by molar-refractivity contribution is 7.90. The molecule has 0 bridgehead atoms. The normalized spacial score (nSPS) is 25.9. The van der Waals surface area contributed by atoms with Crippen molar-refractivity contribution in [3.05, 3.63) is 29.8 Å². The maximum absolute atomic E-state index is 12.6. The number of ether oxygens (including phenoxy) is 2. The summed E-state index contributed by atoms with van der Waals surface area (Å²) in [5.74, 6) is 0.807. The van der Waals surface area contributed by atoms with E-state index in [1.165, 1.54) is 0 Å². The second kappa shape index (κ2) is 6.56. The molecule has 2 aliphatic rings. The lowest BCUT2D eigenvalue weighted by molar-refractivity contribution is 0.0570.